The predicted octanol–water partition coefficient (Wildman–Crippen LogP) is 2.23. The second-order valence-corrected chi connectivity index (χ2v) is 4.59. The molecular weight excluding hydrogens is 220 g/mol. The third-order valence-electron chi connectivity index (χ3n) is 3.00. The summed E-state index contributed by atoms with van der Waals surface area (Å²) < 4.78 is 10.6. The molecule has 0 heterocycles. The zero-order valence-corrected chi connectivity index (χ0v) is 10.7. The normalized spacial score (nSPS) is 27.6. The van der Waals surface area contributed by atoms with E-state index >= 15 is 0 Å². The second-order valence-electron chi connectivity index (χ2n) is 4.59. The molecule has 1 aliphatic carbocycles. The van der Waals surface area contributed by atoms with E-state index in [1.54, 1.807) is 13.8 Å². The van der Waals surface area contributed by atoms with Gasteiger partial charge in [-0.2, -0.15) is 0 Å². The lowest BCUT2D eigenvalue weighted by atomic mass is 10.1. The number of esters is 2. The van der Waals surface area contributed by atoms with E-state index < -0.39 is 5.97 Å². The van der Waals surface area contributed by atoms with Gasteiger partial charge in [0.05, 0.1) is 0 Å². The van der Waals surface area contributed by atoms with Crippen LogP contribution in [0.5, 0.6) is 0 Å². The lowest BCUT2D eigenvalue weighted by molar-refractivity contribution is -0.164. The minimum Gasteiger partial charge on any atom is -0.458 e. The molecular formula is C13H20O4. The maximum absolute atomic E-state index is 11.4. The van der Waals surface area contributed by atoms with Crippen molar-refractivity contribution in [3.8, 4) is 0 Å². The van der Waals surface area contributed by atoms with Crippen molar-refractivity contribution in [2.24, 2.45) is 5.92 Å². The lowest BCUT2D eigenvalue weighted by Gasteiger charge is -2.23. The molecule has 0 aromatic rings. The third-order valence-corrected chi connectivity index (χ3v) is 3.00. The van der Waals surface area contributed by atoms with E-state index in [1.807, 2.05) is 6.92 Å². The number of hydrogen-bond acceptors (Lipinski definition) is 4. The maximum Gasteiger partial charge on any atom is 0.333 e. The van der Waals surface area contributed by atoms with Crippen molar-refractivity contribution in [2.45, 2.75) is 52.2 Å². The van der Waals surface area contributed by atoms with Gasteiger partial charge in [-0.25, -0.2) is 4.79 Å². The molecule has 3 atom stereocenters. The highest BCUT2D eigenvalue weighted by atomic mass is 16.6. The van der Waals surface area contributed by atoms with E-state index in [9.17, 15) is 9.59 Å². The highest BCUT2D eigenvalue weighted by molar-refractivity contribution is 5.87. The molecule has 0 aromatic heterocycles. The minimum atomic E-state index is -0.415. The zero-order valence-electron chi connectivity index (χ0n) is 10.7. The summed E-state index contributed by atoms with van der Waals surface area (Å²) in [6, 6.07) is 0. The fraction of sp³-hybridized carbons (Fsp3) is 0.692. The van der Waals surface area contributed by atoms with Crippen LogP contribution in [0.2, 0.25) is 0 Å². The van der Waals surface area contributed by atoms with Crippen molar-refractivity contribution in [1.82, 2.24) is 0 Å². The summed E-state index contributed by atoms with van der Waals surface area (Å²) in [7, 11) is 0. The van der Waals surface area contributed by atoms with E-state index in [-0.39, 0.29) is 24.1 Å². The summed E-state index contributed by atoms with van der Waals surface area (Å²) in [6.07, 6.45) is 1.33. The molecule has 0 spiro atoms. The highest BCUT2D eigenvalue weighted by Gasteiger charge is 2.38. The van der Waals surface area contributed by atoms with Crippen LogP contribution in [-0.4, -0.2) is 24.1 Å². The molecule has 0 bridgehead atoms. The quantitative estimate of drug-likeness (QED) is 0.558. The van der Waals surface area contributed by atoms with E-state index in [0.717, 1.165) is 12.8 Å². The SMILES string of the molecule is C=C(C)C(=O)OC1CCC(C)C1OC(=O)CC. The largest absolute Gasteiger partial charge is 0.458 e. The van der Waals surface area contributed by atoms with Crippen molar-refractivity contribution in [3.05, 3.63) is 12.2 Å². The van der Waals surface area contributed by atoms with Gasteiger partial charge in [-0.3, -0.25) is 4.79 Å². The van der Waals surface area contributed by atoms with Gasteiger partial charge in [0.2, 0.25) is 0 Å². The Kier molecular flexibility index (Phi) is 4.73. The van der Waals surface area contributed by atoms with E-state index in [4.69, 9.17) is 9.47 Å². The van der Waals surface area contributed by atoms with Crippen molar-refractivity contribution in [1.29, 1.82) is 0 Å². The van der Waals surface area contributed by atoms with Gasteiger partial charge < -0.3 is 9.47 Å². The van der Waals surface area contributed by atoms with Gasteiger partial charge in [-0.05, 0) is 25.7 Å². The lowest BCUT2D eigenvalue weighted by Crippen LogP contribution is -2.33. The predicted molar refractivity (Wildman–Crippen MR) is 63.3 cm³/mol. The molecule has 0 amide bonds. The van der Waals surface area contributed by atoms with Gasteiger partial charge >= 0.3 is 11.9 Å². The third kappa shape index (κ3) is 3.58. The number of rotatable bonds is 4. The summed E-state index contributed by atoms with van der Waals surface area (Å²) >= 11 is 0. The van der Waals surface area contributed by atoms with Gasteiger partial charge in [0.25, 0.3) is 0 Å². The molecule has 96 valence electrons. The van der Waals surface area contributed by atoms with E-state index in [0.29, 0.717) is 12.0 Å². The van der Waals surface area contributed by atoms with Crippen LogP contribution >= 0.6 is 0 Å². The Hall–Kier alpha value is -1.32. The van der Waals surface area contributed by atoms with Crippen molar-refractivity contribution >= 4 is 11.9 Å². The summed E-state index contributed by atoms with van der Waals surface area (Å²) in [5, 5.41) is 0. The summed E-state index contributed by atoms with van der Waals surface area (Å²) in [6.45, 7) is 8.89. The molecule has 17 heavy (non-hydrogen) atoms. The zero-order chi connectivity index (χ0) is 13.0. The smallest absolute Gasteiger partial charge is 0.333 e. The number of carbonyl (C=O) groups is 2. The molecule has 3 unspecified atom stereocenters. The maximum atomic E-state index is 11.4. The molecule has 4 nitrogen and oxygen atoms in total. The number of hydrogen-bond donors (Lipinski definition) is 0. The first-order chi connectivity index (χ1) is 7.95. The summed E-state index contributed by atoms with van der Waals surface area (Å²) in [5.74, 6) is -0.435. The van der Waals surface area contributed by atoms with Crippen molar-refractivity contribution in [2.75, 3.05) is 0 Å². The minimum absolute atomic E-state index is 0.230. The average molecular weight is 240 g/mol. The Morgan fingerprint density at radius 3 is 2.47 bits per heavy atom. The molecule has 0 aromatic carbocycles. The van der Waals surface area contributed by atoms with Crippen LogP contribution < -0.4 is 0 Å². The van der Waals surface area contributed by atoms with Crippen LogP contribution in [0, 0.1) is 5.92 Å². The Morgan fingerprint density at radius 2 is 1.94 bits per heavy atom. The first kappa shape index (κ1) is 13.7. The molecule has 0 N–H and O–H groups in total. The van der Waals surface area contributed by atoms with E-state index in [2.05, 4.69) is 6.58 Å². The second kappa shape index (κ2) is 5.84. The Balaban J connectivity index is 2.61. The molecule has 1 fully saturated rings. The van der Waals surface area contributed by atoms with Crippen LogP contribution in [-0.2, 0) is 19.1 Å². The van der Waals surface area contributed by atoms with Crippen molar-refractivity contribution < 1.29 is 19.1 Å². The molecule has 1 aliphatic rings. The Morgan fingerprint density at radius 1 is 1.29 bits per heavy atom. The first-order valence-corrected chi connectivity index (χ1v) is 6.01. The topological polar surface area (TPSA) is 52.6 Å². The van der Waals surface area contributed by atoms with Gasteiger partial charge in [0.15, 0.2) is 0 Å². The van der Waals surface area contributed by atoms with Crippen molar-refractivity contribution in [3.63, 3.8) is 0 Å². The standard InChI is InChI=1S/C13H20O4/c1-5-11(14)17-12-9(4)6-7-10(12)16-13(15)8(2)3/h9-10,12H,2,5-7H2,1,3-4H3. The molecule has 1 saturated carbocycles. The monoisotopic (exact) mass is 240 g/mol. The highest BCUT2D eigenvalue weighted by Crippen LogP contribution is 2.31. The van der Waals surface area contributed by atoms with Crippen LogP contribution in [0.3, 0.4) is 0 Å². The number of carbonyl (C=O) groups excluding carboxylic acids is 2. The van der Waals surface area contributed by atoms with Crippen LogP contribution in [0.15, 0.2) is 12.2 Å². The van der Waals surface area contributed by atoms with Crippen LogP contribution in [0.4, 0.5) is 0 Å². The molecule has 1 rings (SSSR count). The van der Waals surface area contributed by atoms with Crippen LogP contribution in [0.1, 0.15) is 40.0 Å². The fourth-order valence-electron chi connectivity index (χ4n) is 1.91. The van der Waals surface area contributed by atoms with Gasteiger partial charge in [0, 0.05) is 12.0 Å². The molecule has 4 heteroatoms. The van der Waals surface area contributed by atoms with Gasteiger partial charge in [-0.15, -0.1) is 0 Å². The Bertz CT molecular complexity index is 321. The van der Waals surface area contributed by atoms with Gasteiger partial charge in [0.1, 0.15) is 12.2 Å². The molecule has 0 radical (unpaired) electrons. The summed E-state index contributed by atoms with van der Waals surface area (Å²) in [5.41, 5.74) is 0.366. The van der Waals surface area contributed by atoms with E-state index in [1.165, 1.54) is 0 Å². The fourth-order valence-corrected chi connectivity index (χ4v) is 1.91. The molecule has 0 aliphatic heterocycles. The van der Waals surface area contributed by atoms with Crippen LogP contribution in [0.25, 0.3) is 0 Å². The van der Waals surface area contributed by atoms with Gasteiger partial charge in [-0.1, -0.05) is 20.4 Å². The summed E-state index contributed by atoms with van der Waals surface area (Å²) in [4.78, 5) is 22.7. The first-order valence-electron chi connectivity index (χ1n) is 6.01. The Labute approximate surface area is 102 Å². The molecule has 0 saturated heterocycles. The number of ether oxygens (including phenoxy) is 2. The average Bonchev–Trinajstić information content (AvgIpc) is 2.61.